The molecule has 1 aliphatic rings. The summed E-state index contributed by atoms with van der Waals surface area (Å²) in [5, 5.41) is 11.8. The number of nitrogens with two attached hydrogens (primary N) is 1. The third-order valence-corrected chi connectivity index (χ3v) is 3.31. The average molecular weight is 242 g/mol. The highest BCUT2D eigenvalue weighted by Crippen LogP contribution is 2.24. The quantitative estimate of drug-likeness (QED) is 0.667. The minimum Gasteiger partial charge on any atom is -0.481 e. The predicted octanol–water partition coefficient (Wildman–Crippen LogP) is 0.873. The van der Waals surface area contributed by atoms with Crippen molar-refractivity contribution in [1.82, 2.24) is 5.32 Å². The molecule has 17 heavy (non-hydrogen) atoms. The van der Waals surface area contributed by atoms with Crippen molar-refractivity contribution in [2.45, 2.75) is 57.5 Å². The highest BCUT2D eigenvalue weighted by molar-refractivity contribution is 5.81. The van der Waals surface area contributed by atoms with Gasteiger partial charge in [-0.15, -0.1) is 0 Å². The monoisotopic (exact) mass is 242 g/mol. The number of amides is 1. The zero-order valence-corrected chi connectivity index (χ0v) is 10.3. The van der Waals surface area contributed by atoms with E-state index in [2.05, 4.69) is 5.32 Å². The third-order valence-electron chi connectivity index (χ3n) is 3.31. The van der Waals surface area contributed by atoms with Crippen LogP contribution in [0.5, 0.6) is 0 Å². The fraction of sp³-hybridized carbons (Fsp3) is 0.833. The smallest absolute Gasteiger partial charge is 0.306 e. The van der Waals surface area contributed by atoms with E-state index in [1.807, 2.05) is 6.92 Å². The number of carbonyl (C=O) groups is 2. The van der Waals surface area contributed by atoms with E-state index in [4.69, 9.17) is 10.8 Å². The molecule has 0 aromatic rings. The predicted molar refractivity (Wildman–Crippen MR) is 64.4 cm³/mol. The maximum atomic E-state index is 11.7. The lowest BCUT2D eigenvalue weighted by atomic mass is 9.85. The van der Waals surface area contributed by atoms with Gasteiger partial charge in [0.25, 0.3) is 0 Å². The Hall–Kier alpha value is -1.10. The van der Waals surface area contributed by atoms with Crippen molar-refractivity contribution in [2.24, 2.45) is 11.7 Å². The molecule has 2 unspecified atom stereocenters. The number of carboxylic acids is 1. The fourth-order valence-corrected chi connectivity index (χ4v) is 2.30. The summed E-state index contributed by atoms with van der Waals surface area (Å²) in [7, 11) is 0. The maximum absolute atomic E-state index is 11.7. The van der Waals surface area contributed by atoms with Crippen LogP contribution in [0.25, 0.3) is 0 Å². The summed E-state index contributed by atoms with van der Waals surface area (Å²) in [4.78, 5) is 22.6. The molecule has 0 aromatic heterocycles. The van der Waals surface area contributed by atoms with Gasteiger partial charge < -0.3 is 16.2 Å². The molecule has 98 valence electrons. The normalized spacial score (nSPS) is 26.2. The molecule has 0 aliphatic heterocycles. The Kier molecular flexibility index (Phi) is 5.41. The van der Waals surface area contributed by atoms with E-state index in [1.54, 1.807) is 0 Å². The van der Waals surface area contributed by atoms with Gasteiger partial charge in [-0.3, -0.25) is 9.59 Å². The van der Waals surface area contributed by atoms with Gasteiger partial charge in [0.15, 0.2) is 0 Å². The van der Waals surface area contributed by atoms with E-state index in [0.29, 0.717) is 19.3 Å². The van der Waals surface area contributed by atoms with Crippen LogP contribution in [0.1, 0.15) is 45.4 Å². The van der Waals surface area contributed by atoms with E-state index in [1.165, 1.54) is 0 Å². The van der Waals surface area contributed by atoms with Crippen LogP contribution in [0.3, 0.4) is 0 Å². The number of hydrogen-bond donors (Lipinski definition) is 3. The lowest BCUT2D eigenvalue weighted by Gasteiger charge is -2.28. The molecule has 0 bridgehead atoms. The van der Waals surface area contributed by atoms with Crippen molar-refractivity contribution in [3.63, 3.8) is 0 Å². The second-order valence-corrected chi connectivity index (χ2v) is 4.80. The van der Waals surface area contributed by atoms with Crippen LogP contribution >= 0.6 is 0 Å². The second kappa shape index (κ2) is 6.59. The SMILES string of the molecule is CCC[C@H](N)C(=O)NC1CCCC(C(=O)O)C1. The van der Waals surface area contributed by atoms with E-state index in [0.717, 1.165) is 19.3 Å². The van der Waals surface area contributed by atoms with E-state index in [9.17, 15) is 9.59 Å². The van der Waals surface area contributed by atoms with Gasteiger partial charge in [-0.1, -0.05) is 19.8 Å². The Bertz CT molecular complexity index is 281. The molecule has 0 spiro atoms. The highest BCUT2D eigenvalue weighted by atomic mass is 16.4. The van der Waals surface area contributed by atoms with E-state index >= 15 is 0 Å². The Labute approximate surface area is 102 Å². The van der Waals surface area contributed by atoms with Crippen molar-refractivity contribution < 1.29 is 14.7 Å². The highest BCUT2D eigenvalue weighted by Gasteiger charge is 2.28. The van der Waals surface area contributed by atoms with Crippen molar-refractivity contribution in [3.05, 3.63) is 0 Å². The topological polar surface area (TPSA) is 92.4 Å². The molecule has 5 heteroatoms. The number of aliphatic carboxylic acids is 1. The summed E-state index contributed by atoms with van der Waals surface area (Å²) in [5.74, 6) is -1.24. The van der Waals surface area contributed by atoms with Crippen molar-refractivity contribution in [2.75, 3.05) is 0 Å². The molecule has 1 aliphatic carbocycles. The summed E-state index contributed by atoms with van der Waals surface area (Å²) in [6.45, 7) is 1.98. The Morgan fingerprint density at radius 1 is 1.47 bits per heavy atom. The number of carbonyl (C=O) groups excluding carboxylic acids is 1. The molecule has 4 N–H and O–H groups in total. The van der Waals surface area contributed by atoms with Crippen LogP contribution < -0.4 is 11.1 Å². The van der Waals surface area contributed by atoms with Crippen LogP contribution in [-0.4, -0.2) is 29.1 Å². The van der Waals surface area contributed by atoms with Crippen molar-refractivity contribution in [3.8, 4) is 0 Å². The molecule has 0 heterocycles. The molecule has 0 radical (unpaired) electrons. The van der Waals surface area contributed by atoms with Gasteiger partial charge in [0.1, 0.15) is 0 Å². The standard InChI is InChI=1S/C12H22N2O3/c1-2-4-10(13)11(15)14-9-6-3-5-8(7-9)12(16)17/h8-10H,2-7,13H2,1H3,(H,14,15)(H,16,17)/t8?,9?,10-/m0/s1. The molecular formula is C12H22N2O3. The summed E-state index contributed by atoms with van der Waals surface area (Å²) in [5.41, 5.74) is 5.71. The molecule has 3 atom stereocenters. The molecule has 1 fully saturated rings. The summed E-state index contributed by atoms with van der Waals surface area (Å²) >= 11 is 0. The molecule has 0 saturated heterocycles. The first-order valence-electron chi connectivity index (χ1n) is 6.33. The fourth-order valence-electron chi connectivity index (χ4n) is 2.30. The average Bonchev–Trinajstić information content (AvgIpc) is 2.29. The Morgan fingerprint density at radius 2 is 2.18 bits per heavy atom. The van der Waals surface area contributed by atoms with Gasteiger partial charge >= 0.3 is 5.97 Å². The van der Waals surface area contributed by atoms with Crippen molar-refractivity contribution >= 4 is 11.9 Å². The van der Waals surface area contributed by atoms with Crippen LogP contribution in [0.4, 0.5) is 0 Å². The molecular weight excluding hydrogens is 220 g/mol. The number of rotatable bonds is 5. The zero-order valence-electron chi connectivity index (χ0n) is 10.3. The Balaban J connectivity index is 2.40. The van der Waals surface area contributed by atoms with Gasteiger partial charge in [-0.25, -0.2) is 0 Å². The zero-order chi connectivity index (χ0) is 12.8. The Morgan fingerprint density at radius 3 is 2.76 bits per heavy atom. The molecule has 1 saturated carbocycles. The van der Waals surface area contributed by atoms with Crippen molar-refractivity contribution in [1.29, 1.82) is 0 Å². The molecule has 5 nitrogen and oxygen atoms in total. The van der Waals surface area contributed by atoms with Crippen LogP contribution in [0.2, 0.25) is 0 Å². The number of nitrogens with one attached hydrogen (secondary N) is 1. The molecule has 1 rings (SSSR count). The molecule has 1 amide bonds. The first-order chi connectivity index (χ1) is 8.04. The second-order valence-electron chi connectivity index (χ2n) is 4.80. The first-order valence-corrected chi connectivity index (χ1v) is 6.33. The van der Waals surface area contributed by atoms with Gasteiger partial charge in [0.05, 0.1) is 12.0 Å². The van der Waals surface area contributed by atoms with Crippen LogP contribution in [-0.2, 0) is 9.59 Å². The summed E-state index contributed by atoms with van der Waals surface area (Å²) in [6.07, 6.45) is 4.49. The first kappa shape index (κ1) is 14.0. The van der Waals surface area contributed by atoms with Gasteiger partial charge in [0, 0.05) is 6.04 Å². The maximum Gasteiger partial charge on any atom is 0.306 e. The minimum atomic E-state index is -0.762. The van der Waals surface area contributed by atoms with Crippen LogP contribution in [0.15, 0.2) is 0 Å². The lowest BCUT2D eigenvalue weighted by molar-refractivity contribution is -0.143. The van der Waals surface area contributed by atoms with Gasteiger partial charge in [-0.2, -0.15) is 0 Å². The van der Waals surface area contributed by atoms with Gasteiger partial charge in [-0.05, 0) is 25.7 Å². The number of hydrogen-bond acceptors (Lipinski definition) is 3. The number of carboxylic acid groups (broad SMARTS) is 1. The lowest BCUT2D eigenvalue weighted by Crippen LogP contribution is -2.47. The minimum absolute atomic E-state index is 0.0275. The van der Waals surface area contributed by atoms with E-state index < -0.39 is 12.0 Å². The molecule has 0 aromatic carbocycles. The van der Waals surface area contributed by atoms with Gasteiger partial charge in [0.2, 0.25) is 5.91 Å². The van der Waals surface area contributed by atoms with Crippen LogP contribution in [0, 0.1) is 5.92 Å². The largest absolute Gasteiger partial charge is 0.481 e. The third kappa shape index (κ3) is 4.34. The summed E-state index contributed by atoms with van der Waals surface area (Å²) in [6, 6.07) is -0.495. The van der Waals surface area contributed by atoms with E-state index in [-0.39, 0.29) is 17.9 Å². The summed E-state index contributed by atoms with van der Waals surface area (Å²) < 4.78 is 0.